The normalized spacial score (nSPS) is 23.9. The second kappa shape index (κ2) is 7.63. The van der Waals surface area contributed by atoms with Gasteiger partial charge in [-0.1, -0.05) is 0 Å². The molecule has 1 aromatic carbocycles. The maximum Gasteiger partial charge on any atom is 0.254 e. The van der Waals surface area contributed by atoms with E-state index in [0.29, 0.717) is 51.0 Å². The highest BCUT2D eigenvalue weighted by Crippen LogP contribution is 2.33. The van der Waals surface area contributed by atoms with E-state index in [1.165, 1.54) is 16.4 Å². The maximum absolute atomic E-state index is 12.9. The van der Waals surface area contributed by atoms with Crippen LogP contribution in [0.4, 0.5) is 0 Å². The maximum atomic E-state index is 12.9. The van der Waals surface area contributed by atoms with Gasteiger partial charge in [-0.15, -0.1) is 0 Å². The van der Waals surface area contributed by atoms with Gasteiger partial charge in [-0.2, -0.15) is 4.31 Å². The number of hydrogen-bond acceptors (Lipinski definition) is 7. The molecule has 3 heterocycles. The molecule has 2 saturated heterocycles. The Morgan fingerprint density at radius 2 is 1.70 bits per heavy atom. The number of hydrogen-bond donors (Lipinski definition) is 0. The summed E-state index contributed by atoms with van der Waals surface area (Å²) in [4.78, 5) is 14.3. The van der Waals surface area contributed by atoms with Crippen LogP contribution in [0, 0.1) is 0 Å². The van der Waals surface area contributed by atoms with E-state index in [2.05, 4.69) is 0 Å². The molecule has 4 rings (SSSR count). The minimum absolute atomic E-state index is 0.147. The van der Waals surface area contributed by atoms with Gasteiger partial charge in [-0.3, -0.25) is 4.79 Å². The SMILES string of the molecule is O=C(C1COCCO1)N1CCN(S(=O)(=O)c2ccc3c(c2)OCCO3)CC1. The number of piperazine rings is 1. The van der Waals surface area contributed by atoms with Crippen molar-refractivity contribution in [3.05, 3.63) is 18.2 Å². The van der Waals surface area contributed by atoms with E-state index < -0.39 is 16.1 Å². The van der Waals surface area contributed by atoms with Gasteiger partial charge in [0, 0.05) is 32.2 Å². The van der Waals surface area contributed by atoms with Gasteiger partial charge in [0.15, 0.2) is 17.6 Å². The predicted octanol–water partition coefficient (Wildman–Crippen LogP) is -0.294. The number of carbonyl (C=O) groups excluding carboxylic acids is 1. The van der Waals surface area contributed by atoms with Crippen LogP contribution < -0.4 is 9.47 Å². The predicted molar refractivity (Wildman–Crippen MR) is 93.3 cm³/mol. The lowest BCUT2D eigenvalue weighted by Gasteiger charge is -2.36. The van der Waals surface area contributed by atoms with Crippen LogP contribution in [-0.4, -0.2) is 88.8 Å². The van der Waals surface area contributed by atoms with Gasteiger partial charge in [0.2, 0.25) is 10.0 Å². The molecule has 1 unspecified atom stereocenters. The topological polar surface area (TPSA) is 94.6 Å². The van der Waals surface area contributed by atoms with E-state index >= 15 is 0 Å². The van der Waals surface area contributed by atoms with Crippen LogP contribution in [0.3, 0.4) is 0 Å². The smallest absolute Gasteiger partial charge is 0.254 e. The average molecular weight is 398 g/mol. The summed E-state index contributed by atoms with van der Waals surface area (Å²) in [7, 11) is -3.67. The summed E-state index contributed by atoms with van der Waals surface area (Å²) in [5, 5.41) is 0. The quantitative estimate of drug-likeness (QED) is 0.690. The fourth-order valence-corrected chi connectivity index (χ4v) is 4.75. The standard InChI is InChI=1S/C17H22N2O7S/c20-17(16-12-23-7-8-26-16)18-3-5-19(6-4-18)27(21,22)13-1-2-14-15(11-13)25-10-9-24-14/h1-2,11,16H,3-10,12H2. The van der Waals surface area contributed by atoms with Gasteiger partial charge in [-0.25, -0.2) is 8.42 Å². The van der Waals surface area contributed by atoms with Crippen molar-refractivity contribution in [2.75, 3.05) is 59.2 Å². The minimum Gasteiger partial charge on any atom is -0.486 e. The van der Waals surface area contributed by atoms with Gasteiger partial charge in [-0.05, 0) is 12.1 Å². The summed E-state index contributed by atoms with van der Waals surface area (Å²) < 4.78 is 48.9. The largest absolute Gasteiger partial charge is 0.486 e. The molecule has 0 radical (unpaired) electrons. The first-order valence-corrected chi connectivity index (χ1v) is 10.4. The van der Waals surface area contributed by atoms with Gasteiger partial charge < -0.3 is 23.8 Å². The molecule has 9 nitrogen and oxygen atoms in total. The molecule has 1 atom stereocenters. The second-order valence-corrected chi connectivity index (χ2v) is 8.41. The van der Waals surface area contributed by atoms with Crippen molar-refractivity contribution in [1.82, 2.24) is 9.21 Å². The van der Waals surface area contributed by atoms with E-state index in [9.17, 15) is 13.2 Å². The second-order valence-electron chi connectivity index (χ2n) is 6.47. The zero-order valence-electron chi connectivity index (χ0n) is 14.8. The van der Waals surface area contributed by atoms with Crippen molar-refractivity contribution in [3.63, 3.8) is 0 Å². The Kier molecular flexibility index (Phi) is 5.22. The summed E-state index contributed by atoms with van der Waals surface area (Å²) in [5.74, 6) is 0.835. The molecule has 0 spiro atoms. The van der Waals surface area contributed by atoms with Crippen LogP contribution in [0.5, 0.6) is 11.5 Å². The van der Waals surface area contributed by atoms with Crippen LogP contribution in [0.2, 0.25) is 0 Å². The molecule has 0 aromatic heterocycles. The summed E-state index contributed by atoms with van der Waals surface area (Å²) in [6.45, 7) is 3.08. The zero-order valence-corrected chi connectivity index (χ0v) is 15.7. The molecule has 10 heteroatoms. The molecule has 0 saturated carbocycles. The number of carbonyl (C=O) groups is 1. The summed E-state index contributed by atoms with van der Waals surface area (Å²) in [5.41, 5.74) is 0. The van der Waals surface area contributed by atoms with Crippen LogP contribution in [0.15, 0.2) is 23.1 Å². The molecule has 2 fully saturated rings. The Balaban J connectivity index is 1.41. The van der Waals surface area contributed by atoms with Crippen molar-refractivity contribution in [1.29, 1.82) is 0 Å². The lowest BCUT2D eigenvalue weighted by molar-refractivity contribution is -0.159. The molecule has 0 bridgehead atoms. The van der Waals surface area contributed by atoms with Gasteiger partial charge in [0.1, 0.15) is 13.2 Å². The third-order valence-electron chi connectivity index (χ3n) is 4.79. The average Bonchev–Trinajstić information content (AvgIpc) is 2.73. The number of amides is 1. The third kappa shape index (κ3) is 3.75. The van der Waals surface area contributed by atoms with Crippen LogP contribution in [0.25, 0.3) is 0 Å². The molecule has 0 aliphatic carbocycles. The Morgan fingerprint density at radius 3 is 2.41 bits per heavy atom. The van der Waals surface area contributed by atoms with Crippen molar-refractivity contribution in [2.45, 2.75) is 11.0 Å². The number of sulfonamides is 1. The molecule has 0 N–H and O–H groups in total. The highest BCUT2D eigenvalue weighted by Gasteiger charge is 2.34. The highest BCUT2D eigenvalue weighted by molar-refractivity contribution is 7.89. The fraction of sp³-hybridized carbons (Fsp3) is 0.588. The molecular weight excluding hydrogens is 376 g/mol. The number of nitrogens with zero attached hydrogens (tertiary/aromatic N) is 2. The van der Waals surface area contributed by atoms with Crippen molar-refractivity contribution >= 4 is 15.9 Å². The number of ether oxygens (including phenoxy) is 4. The van der Waals surface area contributed by atoms with E-state index in [0.717, 1.165) is 0 Å². The van der Waals surface area contributed by atoms with Crippen molar-refractivity contribution in [2.24, 2.45) is 0 Å². The molecule has 27 heavy (non-hydrogen) atoms. The number of fused-ring (bicyclic) bond motifs is 1. The molecule has 3 aliphatic heterocycles. The zero-order chi connectivity index (χ0) is 18.9. The summed E-state index contributed by atoms with van der Waals surface area (Å²) >= 11 is 0. The first kappa shape index (κ1) is 18.5. The van der Waals surface area contributed by atoms with Crippen LogP contribution in [-0.2, 0) is 24.3 Å². The lowest BCUT2D eigenvalue weighted by Crippen LogP contribution is -2.54. The first-order chi connectivity index (χ1) is 13.1. The van der Waals surface area contributed by atoms with Crippen LogP contribution in [0.1, 0.15) is 0 Å². The summed E-state index contributed by atoms with van der Waals surface area (Å²) in [6, 6.07) is 4.63. The number of benzene rings is 1. The Bertz CT molecular complexity index is 799. The Hall–Kier alpha value is -1.88. The highest BCUT2D eigenvalue weighted by atomic mass is 32.2. The van der Waals surface area contributed by atoms with E-state index in [1.807, 2.05) is 0 Å². The van der Waals surface area contributed by atoms with E-state index in [4.69, 9.17) is 18.9 Å². The van der Waals surface area contributed by atoms with Gasteiger partial charge >= 0.3 is 0 Å². The molecule has 1 aromatic rings. The van der Waals surface area contributed by atoms with E-state index in [1.54, 1.807) is 11.0 Å². The lowest BCUT2D eigenvalue weighted by atomic mass is 10.2. The van der Waals surface area contributed by atoms with Gasteiger partial charge in [0.05, 0.1) is 24.7 Å². The monoisotopic (exact) mass is 398 g/mol. The number of rotatable bonds is 3. The Labute approximate surface area is 157 Å². The molecule has 1 amide bonds. The van der Waals surface area contributed by atoms with Crippen molar-refractivity contribution < 1.29 is 32.2 Å². The van der Waals surface area contributed by atoms with Gasteiger partial charge in [0.25, 0.3) is 5.91 Å². The fourth-order valence-electron chi connectivity index (χ4n) is 3.32. The molecule has 148 valence electrons. The Morgan fingerprint density at radius 1 is 0.963 bits per heavy atom. The van der Waals surface area contributed by atoms with Crippen LogP contribution >= 0.6 is 0 Å². The van der Waals surface area contributed by atoms with Crippen molar-refractivity contribution in [3.8, 4) is 11.5 Å². The van der Waals surface area contributed by atoms with E-state index in [-0.39, 0.29) is 30.5 Å². The molecule has 3 aliphatic rings. The summed E-state index contributed by atoms with van der Waals surface area (Å²) in [6.07, 6.45) is -0.597. The minimum atomic E-state index is -3.67. The third-order valence-corrected chi connectivity index (χ3v) is 6.69. The molecular formula is C17H22N2O7S. The first-order valence-electron chi connectivity index (χ1n) is 8.93.